The quantitative estimate of drug-likeness (QED) is 0.0690. The minimum Gasteiger partial charge on any atom is -0.304 e. The van der Waals surface area contributed by atoms with Crippen LogP contribution in [0.2, 0.25) is 0 Å². The molecule has 0 atom stereocenters. The fourth-order valence-corrected chi connectivity index (χ4v) is 1.69. The number of carbonyl (C=O) groups is 2. The maximum Gasteiger partial charge on any atom is 0.194 e. The molecule has 0 aliphatic carbocycles. The summed E-state index contributed by atoms with van der Waals surface area (Å²) in [5, 5.41) is 50.7. The molecule has 0 fully saturated rings. The van der Waals surface area contributed by atoms with Crippen molar-refractivity contribution < 1.29 is 29.3 Å². The van der Waals surface area contributed by atoms with E-state index in [9.17, 15) is 0 Å². The van der Waals surface area contributed by atoms with Gasteiger partial charge in [0.05, 0.1) is 12.1 Å². The van der Waals surface area contributed by atoms with Crippen LogP contribution in [0.25, 0.3) is 0 Å². The van der Waals surface area contributed by atoms with Gasteiger partial charge in [0, 0.05) is 31.8 Å². The number of hydrogen-bond donors (Lipinski definition) is 0. The van der Waals surface area contributed by atoms with Crippen LogP contribution >= 0.6 is 0 Å². The molecule has 0 amide bonds. The van der Waals surface area contributed by atoms with Crippen LogP contribution in [-0.4, -0.2) is 60.5 Å². The van der Waals surface area contributed by atoms with Crippen LogP contribution in [0.4, 0.5) is 0 Å². The third-order valence-corrected chi connectivity index (χ3v) is 3.15. The largest absolute Gasteiger partial charge is 0.304 e. The van der Waals surface area contributed by atoms with Gasteiger partial charge >= 0.3 is 0 Å². The van der Waals surface area contributed by atoms with Crippen molar-refractivity contribution in [1.29, 1.82) is 10.5 Å². The molecule has 0 aromatic heterocycles. The molecule has 0 aliphatic heterocycles. The maximum atomic E-state index is 8.81. The lowest BCUT2D eigenvalue weighted by atomic mass is 10.4. The van der Waals surface area contributed by atoms with E-state index in [4.69, 9.17) is 60.6 Å². The highest BCUT2D eigenvalue weighted by Gasteiger charge is 1.61. The summed E-state index contributed by atoms with van der Waals surface area (Å²) in [5.74, 6) is 0. The summed E-state index contributed by atoms with van der Waals surface area (Å²) in [6, 6.07) is 51.7. The highest BCUT2D eigenvalue weighted by atomic mass is 16.6. The van der Waals surface area contributed by atoms with E-state index >= 15 is 0 Å². The molecule has 16 heteroatoms. The van der Waals surface area contributed by atoms with Crippen LogP contribution in [0.1, 0.15) is 113 Å². The number of nitrogens with zero attached hydrogens (tertiary/aromatic N) is 6. The fraction of sp³-hybridized carbons (Fsp3) is 0.385. The van der Waals surface area contributed by atoms with Crippen LogP contribution in [0, 0.1) is 63.1 Å². The predicted octanol–water partition coefficient (Wildman–Crippen LogP) is 15.5. The number of carbonyl (C=O) groups excluding carboxylic acids is 2. The second kappa shape index (κ2) is 153. The average molecular weight is 963 g/mol. The van der Waals surface area contributed by atoms with Crippen molar-refractivity contribution in [3.05, 3.63) is 210 Å². The van der Waals surface area contributed by atoms with Crippen LogP contribution < -0.4 is 0 Å². The molecular weight excluding hydrogens is 869 g/mol. The molecule has 0 saturated carbocycles. The molecular formula is C52H94N6O10. The Kier molecular flexibility index (Phi) is 243. The summed E-state index contributed by atoms with van der Waals surface area (Å²) in [5.41, 5.74) is 0. The molecule has 4 aromatic rings. The Morgan fingerprint density at radius 1 is 0.324 bits per heavy atom. The van der Waals surface area contributed by atoms with Gasteiger partial charge in [-0.3, -0.25) is 40.5 Å². The first-order valence-corrected chi connectivity index (χ1v) is 19.7. The first-order valence-electron chi connectivity index (χ1n) is 19.7. The molecule has 0 bridgehead atoms. The molecule has 0 saturated heterocycles. The number of hydrogen-bond acceptors (Lipinski definition) is 12. The number of allylic oxidation sites excluding steroid dienone is 4. The van der Waals surface area contributed by atoms with Crippen molar-refractivity contribution in [3.63, 3.8) is 0 Å². The average Bonchev–Trinajstić information content (AvgIpc) is 3.30. The van der Waals surface area contributed by atoms with Crippen molar-refractivity contribution in [2.24, 2.45) is 0 Å². The third-order valence-electron chi connectivity index (χ3n) is 3.15. The molecule has 0 heterocycles. The standard InChI is InChI=1S/4C6H6.2C4H5N.2C2H4O.4C2H6.4CH3NO2.4CH4/c4*1-2-4-6-5-3-1;2*1-2-3-4-5;2*1-2-3;4*1-2;4*1-2(3)4;;;;/h4*1-6H;2*2-3H,1H3;2*2H,1H3;4*1-2H3;4*1H3;4*1H4. The van der Waals surface area contributed by atoms with Crippen molar-refractivity contribution in [3.8, 4) is 12.1 Å². The zero-order chi connectivity index (χ0) is 52.9. The van der Waals surface area contributed by atoms with E-state index in [0.29, 0.717) is 0 Å². The molecule has 16 nitrogen and oxygen atoms in total. The zero-order valence-electron chi connectivity index (χ0n) is 41.1. The molecule has 68 heavy (non-hydrogen) atoms. The number of aldehydes is 2. The van der Waals surface area contributed by atoms with Crippen LogP contribution in [-0.2, 0) is 9.59 Å². The molecule has 0 radical (unpaired) electrons. The van der Waals surface area contributed by atoms with E-state index in [0.717, 1.165) is 40.8 Å². The van der Waals surface area contributed by atoms with Crippen molar-refractivity contribution in [2.75, 3.05) is 28.2 Å². The Balaban J connectivity index is -0.0000000306. The van der Waals surface area contributed by atoms with Crippen molar-refractivity contribution >= 4 is 12.6 Å². The maximum absolute atomic E-state index is 8.81. The normalized spacial score (nSPS) is 6.21. The van der Waals surface area contributed by atoms with E-state index in [1.54, 1.807) is 12.2 Å². The Bertz CT molecular complexity index is 1160. The zero-order valence-corrected chi connectivity index (χ0v) is 41.1. The van der Waals surface area contributed by atoms with Crippen molar-refractivity contribution in [1.82, 2.24) is 0 Å². The van der Waals surface area contributed by atoms with Gasteiger partial charge < -0.3 is 9.59 Å². The van der Waals surface area contributed by atoms with E-state index in [1.165, 1.54) is 26.0 Å². The smallest absolute Gasteiger partial charge is 0.194 e. The molecule has 0 aliphatic rings. The SMILES string of the molecule is C.C.C.C.CC.CC.CC.CC.CC=CC#N.CC=CC#N.CC=O.CC=O.C[N+](=O)[O-].C[N+](=O)[O-].C[N+](=O)[O-].C[N+](=O)[O-].c1ccccc1.c1ccccc1.c1ccccc1.c1ccccc1. The number of benzene rings is 4. The fourth-order valence-electron chi connectivity index (χ4n) is 1.69. The minimum absolute atomic E-state index is 0. The summed E-state index contributed by atoms with van der Waals surface area (Å²) < 4.78 is 0. The number of nitriles is 2. The topological polar surface area (TPSA) is 254 Å². The molecule has 4 aromatic carbocycles. The molecule has 392 valence electrons. The molecule has 0 N–H and O–H groups in total. The second-order valence-electron chi connectivity index (χ2n) is 8.11. The minimum atomic E-state index is -0.500. The van der Waals surface area contributed by atoms with Gasteiger partial charge in [0.1, 0.15) is 12.6 Å². The Labute approximate surface area is 414 Å². The Morgan fingerprint density at radius 3 is 0.397 bits per heavy atom. The summed E-state index contributed by atoms with van der Waals surface area (Å²) in [7, 11) is 3.56. The van der Waals surface area contributed by atoms with Crippen LogP contribution in [0.15, 0.2) is 170 Å². The van der Waals surface area contributed by atoms with Crippen molar-refractivity contribution in [2.45, 2.75) is 113 Å². The van der Waals surface area contributed by atoms with Gasteiger partial charge in [-0.15, -0.1) is 0 Å². The summed E-state index contributed by atoms with van der Waals surface area (Å²) >= 11 is 0. The van der Waals surface area contributed by atoms with E-state index in [1.807, 2.05) is 227 Å². The molecule has 4 rings (SSSR count). The summed E-state index contributed by atoms with van der Waals surface area (Å²) in [4.78, 5) is 50.8. The highest BCUT2D eigenvalue weighted by molar-refractivity contribution is 5.44. The third kappa shape index (κ3) is 465. The van der Waals surface area contributed by atoms with Gasteiger partial charge in [-0.1, -0.05) is 243 Å². The van der Waals surface area contributed by atoms with Gasteiger partial charge in [0.25, 0.3) is 0 Å². The molecule has 0 unspecified atom stereocenters. The number of rotatable bonds is 0. The highest BCUT2D eigenvalue weighted by Crippen LogP contribution is 1.81. The van der Waals surface area contributed by atoms with Crippen LogP contribution in [0.5, 0.6) is 0 Å². The summed E-state index contributed by atoms with van der Waals surface area (Å²) in [6.07, 6.45) is 7.75. The first kappa shape index (κ1) is 108. The monoisotopic (exact) mass is 963 g/mol. The lowest BCUT2D eigenvalue weighted by Crippen LogP contribution is -1.79. The summed E-state index contributed by atoms with van der Waals surface area (Å²) in [6.45, 7) is 22.5. The predicted molar refractivity (Wildman–Crippen MR) is 294 cm³/mol. The Hall–Kier alpha value is -7.72. The van der Waals surface area contributed by atoms with Gasteiger partial charge in [0.15, 0.2) is 28.2 Å². The van der Waals surface area contributed by atoms with E-state index < -0.39 is 19.7 Å². The first-order chi connectivity index (χ1) is 30.6. The van der Waals surface area contributed by atoms with Gasteiger partial charge in [-0.05, 0) is 27.7 Å². The van der Waals surface area contributed by atoms with Gasteiger partial charge in [-0.25, -0.2) is 0 Å². The Morgan fingerprint density at radius 2 is 0.382 bits per heavy atom. The lowest BCUT2D eigenvalue weighted by Gasteiger charge is -1.69. The lowest BCUT2D eigenvalue weighted by molar-refractivity contribution is -0.445. The van der Waals surface area contributed by atoms with Crippen LogP contribution in [0.3, 0.4) is 0 Å². The van der Waals surface area contributed by atoms with Gasteiger partial charge in [0.2, 0.25) is 0 Å². The van der Waals surface area contributed by atoms with E-state index in [2.05, 4.69) is 0 Å². The second-order valence-corrected chi connectivity index (χ2v) is 8.11. The van der Waals surface area contributed by atoms with Gasteiger partial charge in [-0.2, -0.15) is 10.5 Å². The number of nitro groups is 4. The van der Waals surface area contributed by atoms with E-state index in [-0.39, 0.29) is 29.7 Å². The molecule has 0 spiro atoms.